The molecule has 0 aromatic carbocycles. The minimum atomic E-state index is -0.449. The Bertz CT molecular complexity index is 541. The van der Waals surface area contributed by atoms with Crippen molar-refractivity contribution in [2.75, 3.05) is 45.8 Å². The number of amides is 3. The fourth-order valence-corrected chi connectivity index (χ4v) is 4.69. The van der Waals surface area contributed by atoms with Gasteiger partial charge in [0.1, 0.15) is 5.60 Å². The number of nitrogens with one attached hydrogen (secondary N) is 1. The molecule has 1 N–H and O–H groups in total. The minimum Gasteiger partial charge on any atom is -0.444 e. The van der Waals surface area contributed by atoms with E-state index in [1.54, 1.807) is 0 Å². The second-order valence-corrected chi connectivity index (χ2v) is 9.98. The van der Waals surface area contributed by atoms with Gasteiger partial charge in [0, 0.05) is 51.9 Å². The Labute approximate surface area is 176 Å². The molecule has 3 fully saturated rings. The third-order valence-corrected chi connectivity index (χ3v) is 6.34. The van der Waals surface area contributed by atoms with Gasteiger partial charge in [-0.15, -0.1) is 0 Å². The Morgan fingerprint density at radius 1 is 0.862 bits per heavy atom. The molecule has 0 aromatic heterocycles. The van der Waals surface area contributed by atoms with E-state index in [0.717, 1.165) is 84.3 Å². The Morgan fingerprint density at radius 3 is 2.03 bits per heavy atom. The second-order valence-electron chi connectivity index (χ2n) is 9.98. The van der Waals surface area contributed by atoms with Gasteiger partial charge in [0.2, 0.25) is 0 Å². The lowest BCUT2D eigenvalue weighted by atomic mass is 9.95. The SMILES string of the molecule is CC(C)(C)OC(=O)NC1CCN(CC2CCN(C(=O)N3CCCCC3)CC2)CC1. The van der Waals surface area contributed by atoms with Crippen molar-refractivity contribution in [1.82, 2.24) is 20.0 Å². The molecule has 0 spiro atoms. The molecule has 0 atom stereocenters. The fraction of sp³-hybridized carbons (Fsp3) is 0.909. The van der Waals surface area contributed by atoms with Crippen molar-refractivity contribution in [3.63, 3.8) is 0 Å². The number of hydrogen-bond acceptors (Lipinski definition) is 4. The average Bonchev–Trinajstić information content (AvgIpc) is 2.69. The van der Waals surface area contributed by atoms with Crippen LogP contribution in [0.5, 0.6) is 0 Å². The largest absolute Gasteiger partial charge is 0.444 e. The number of piperidine rings is 3. The summed E-state index contributed by atoms with van der Waals surface area (Å²) in [5.74, 6) is 0.677. The van der Waals surface area contributed by atoms with E-state index in [2.05, 4.69) is 15.1 Å². The first-order valence-corrected chi connectivity index (χ1v) is 11.6. The monoisotopic (exact) mass is 408 g/mol. The van der Waals surface area contributed by atoms with Gasteiger partial charge in [0.25, 0.3) is 0 Å². The lowest BCUT2D eigenvalue weighted by molar-refractivity contribution is 0.0471. The third-order valence-electron chi connectivity index (χ3n) is 6.34. The van der Waals surface area contributed by atoms with E-state index in [-0.39, 0.29) is 18.2 Å². The molecule has 7 nitrogen and oxygen atoms in total. The number of nitrogens with zero attached hydrogens (tertiary/aromatic N) is 3. The number of urea groups is 1. The van der Waals surface area contributed by atoms with Crippen molar-refractivity contribution in [3.05, 3.63) is 0 Å². The molecular formula is C22H40N4O3. The Morgan fingerprint density at radius 2 is 1.45 bits per heavy atom. The highest BCUT2D eigenvalue weighted by Crippen LogP contribution is 2.22. The maximum absolute atomic E-state index is 12.7. The van der Waals surface area contributed by atoms with Gasteiger partial charge in [0.15, 0.2) is 0 Å². The van der Waals surface area contributed by atoms with Gasteiger partial charge in [-0.2, -0.15) is 0 Å². The van der Waals surface area contributed by atoms with E-state index in [1.165, 1.54) is 6.42 Å². The number of likely N-dealkylation sites (tertiary alicyclic amines) is 3. The van der Waals surface area contributed by atoms with E-state index >= 15 is 0 Å². The molecule has 3 aliphatic rings. The van der Waals surface area contributed by atoms with Crippen LogP contribution in [0.15, 0.2) is 0 Å². The zero-order valence-electron chi connectivity index (χ0n) is 18.6. The van der Waals surface area contributed by atoms with Crippen molar-refractivity contribution in [3.8, 4) is 0 Å². The molecule has 0 bridgehead atoms. The predicted octanol–water partition coefficient (Wildman–Crippen LogP) is 3.29. The molecule has 0 aliphatic carbocycles. The van der Waals surface area contributed by atoms with Gasteiger partial charge in [-0.25, -0.2) is 9.59 Å². The van der Waals surface area contributed by atoms with Gasteiger partial charge in [0.05, 0.1) is 0 Å². The van der Waals surface area contributed by atoms with Crippen LogP contribution in [0.3, 0.4) is 0 Å². The Balaban J connectivity index is 1.32. The lowest BCUT2D eigenvalue weighted by Crippen LogP contribution is -2.50. The molecule has 3 rings (SSSR count). The van der Waals surface area contributed by atoms with E-state index in [4.69, 9.17) is 4.74 Å². The average molecular weight is 409 g/mol. The highest BCUT2D eigenvalue weighted by atomic mass is 16.6. The Hall–Kier alpha value is -1.50. The van der Waals surface area contributed by atoms with Crippen molar-refractivity contribution < 1.29 is 14.3 Å². The molecule has 0 radical (unpaired) electrons. The fourth-order valence-electron chi connectivity index (χ4n) is 4.69. The number of alkyl carbamates (subject to hydrolysis) is 1. The summed E-state index contributed by atoms with van der Waals surface area (Å²) < 4.78 is 5.36. The topological polar surface area (TPSA) is 65.1 Å². The zero-order valence-corrected chi connectivity index (χ0v) is 18.6. The number of ether oxygens (including phenoxy) is 1. The summed E-state index contributed by atoms with van der Waals surface area (Å²) in [6.07, 6.45) is 7.43. The highest BCUT2D eigenvalue weighted by Gasteiger charge is 2.29. The summed E-state index contributed by atoms with van der Waals surface area (Å²) in [6, 6.07) is 0.474. The number of carbonyl (C=O) groups is 2. The maximum Gasteiger partial charge on any atom is 0.407 e. The van der Waals surface area contributed by atoms with E-state index < -0.39 is 5.60 Å². The molecule has 166 valence electrons. The van der Waals surface area contributed by atoms with Crippen LogP contribution in [-0.2, 0) is 4.74 Å². The molecule has 3 aliphatic heterocycles. The number of rotatable bonds is 3. The lowest BCUT2D eigenvalue weighted by Gasteiger charge is -2.39. The van der Waals surface area contributed by atoms with Crippen LogP contribution in [0, 0.1) is 5.92 Å². The molecule has 29 heavy (non-hydrogen) atoms. The first-order valence-electron chi connectivity index (χ1n) is 11.6. The van der Waals surface area contributed by atoms with Crippen LogP contribution in [0.4, 0.5) is 9.59 Å². The van der Waals surface area contributed by atoms with Gasteiger partial charge >= 0.3 is 12.1 Å². The number of carbonyl (C=O) groups excluding carboxylic acids is 2. The highest BCUT2D eigenvalue weighted by molar-refractivity contribution is 5.74. The van der Waals surface area contributed by atoms with Crippen molar-refractivity contribution in [2.45, 2.75) is 77.4 Å². The molecule has 0 saturated carbocycles. The van der Waals surface area contributed by atoms with Crippen LogP contribution >= 0.6 is 0 Å². The molecule has 3 amide bonds. The molecule has 3 saturated heterocycles. The van der Waals surface area contributed by atoms with Gasteiger partial charge in [-0.1, -0.05) is 0 Å². The van der Waals surface area contributed by atoms with Crippen LogP contribution in [0.25, 0.3) is 0 Å². The van der Waals surface area contributed by atoms with Crippen LogP contribution < -0.4 is 5.32 Å². The summed E-state index contributed by atoms with van der Waals surface area (Å²) in [5, 5.41) is 3.01. The summed E-state index contributed by atoms with van der Waals surface area (Å²) in [5.41, 5.74) is -0.449. The maximum atomic E-state index is 12.7. The van der Waals surface area contributed by atoms with E-state index in [0.29, 0.717) is 5.92 Å². The Kier molecular flexibility index (Phi) is 7.66. The van der Waals surface area contributed by atoms with Crippen molar-refractivity contribution >= 4 is 12.1 Å². The van der Waals surface area contributed by atoms with Gasteiger partial charge in [-0.05, 0) is 71.6 Å². The van der Waals surface area contributed by atoms with Crippen LogP contribution in [-0.4, -0.2) is 84.3 Å². The predicted molar refractivity (Wildman–Crippen MR) is 114 cm³/mol. The van der Waals surface area contributed by atoms with Gasteiger partial charge < -0.3 is 24.8 Å². The summed E-state index contributed by atoms with van der Waals surface area (Å²) in [7, 11) is 0. The minimum absolute atomic E-state index is 0.213. The molecule has 0 unspecified atom stereocenters. The first kappa shape index (κ1) is 22.2. The summed E-state index contributed by atoms with van der Waals surface area (Å²) in [6.45, 7) is 12.5. The molecular weight excluding hydrogens is 368 g/mol. The van der Waals surface area contributed by atoms with E-state index in [9.17, 15) is 9.59 Å². The number of hydrogen-bond donors (Lipinski definition) is 1. The van der Waals surface area contributed by atoms with Crippen molar-refractivity contribution in [2.24, 2.45) is 5.92 Å². The molecule has 0 aromatic rings. The summed E-state index contributed by atoms with van der Waals surface area (Å²) in [4.78, 5) is 31.2. The summed E-state index contributed by atoms with van der Waals surface area (Å²) >= 11 is 0. The standard InChI is InChI=1S/C22H40N4O3/c1-22(2,3)29-20(27)23-19-9-13-24(14-10-19)17-18-7-15-26(16-8-18)21(28)25-11-5-4-6-12-25/h18-19H,4-17H2,1-3H3,(H,23,27). The zero-order chi connectivity index (χ0) is 20.9. The molecule has 7 heteroatoms. The first-order chi connectivity index (χ1) is 13.8. The van der Waals surface area contributed by atoms with Crippen molar-refractivity contribution in [1.29, 1.82) is 0 Å². The van der Waals surface area contributed by atoms with Crippen LogP contribution in [0.1, 0.15) is 65.7 Å². The van der Waals surface area contributed by atoms with Crippen LogP contribution in [0.2, 0.25) is 0 Å². The normalized spacial score (nSPS) is 23.1. The quantitative estimate of drug-likeness (QED) is 0.778. The third kappa shape index (κ3) is 7.05. The van der Waals surface area contributed by atoms with E-state index in [1.807, 2.05) is 25.7 Å². The second kappa shape index (κ2) is 10.0. The smallest absolute Gasteiger partial charge is 0.407 e. The molecule has 3 heterocycles. The van der Waals surface area contributed by atoms with Gasteiger partial charge in [-0.3, -0.25) is 0 Å².